The molecule has 2 amide bonds. The van der Waals surface area contributed by atoms with Gasteiger partial charge >= 0.3 is 0 Å². The molecule has 4 rings (SSSR count). The van der Waals surface area contributed by atoms with Crippen LogP contribution in [-0.2, 0) is 14.8 Å². The summed E-state index contributed by atoms with van der Waals surface area (Å²) in [6.07, 6.45) is 3.78. The van der Waals surface area contributed by atoms with Crippen LogP contribution in [0.5, 0.6) is 5.75 Å². The second-order valence-corrected chi connectivity index (χ2v) is 11.2. The van der Waals surface area contributed by atoms with E-state index in [2.05, 4.69) is 10.3 Å². The number of anilines is 1. The van der Waals surface area contributed by atoms with Gasteiger partial charge in [-0.2, -0.15) is 4.31 Å². The third-order valence-corrected chi connectivity index (χ3v) is 9.03. The number of nitrogens with zero attached hydrogens (tertiary/aromatic N) is 2. The van der Waals surface area contributed by atoms with Crippen molar-refractivity contribution in [2.24, 2.45) is 5.92 Å². The number of rotatable bonds is 6. The number of amides is 2. The fourth-order valence-electron chi connectivity index (χ4n) is 5.00. The van der Waals surface area contributed by atoms with Crippen LogP contribution in [0, 0.1) is 19.8 Å². The van der Waals surface area contributed by atoms with E-state index >= 15 is 0 Å². The van der Waals surface area contributed by atoms with E-state index in [0.29, 0.717) is 48.8 Å². The summed E-state index contributed by atoms with van der Waals surface area (Å²) in [6, 6.07) is 7.09. The van der Waals surface area contributed by atoms with Gasteiger partial charge in [0.2, 0.25) is 15.9 Å². The van der Waals surface area contributed by atoms with Gasteiger partial charge in [-0.25, -0.2) is 8.42 Å². The second-order valence-electron chi connectivity index (χ2n) is 9.33. The molecule has 190 valence electrons. The molecule has 9 nitrogen and oxygen atoms in total. The molecule has 2 N–H and O–H groups in total. The first kappa shape index (κ1) is 25.2. The molecular weight excluding hydrogens is 468 g/mol. The summed E-state index contributed by atoms with van der Waals surface area (Å²) in [5.74, 6) is 0.0720. The fraction of sp³-hybridized carbons (Fsp3) is 0.520. The van der Waals surface area contributed by atoms with Crippen LogP contribution in [0.1, 0.15) is 53.8 Å². The Bertz CT molecular complexity index is 1180. The third kappa shape index (κ3) is 5.23. The molecule has 0 atom stereocenters. The Morgan fingerprint density at radius 3 is 2.20 bits per heavy atom. The quantitative estimate of drug-likeness (QED) is 0.630. The first-order chi connectivity index (χ1) is 16.7. The number of benzene rings is 1. The predicted molar refractivity (Wildman–Crippen MR) is 133 cm³/mol. The molecule has 3 heterocycles. The Balaban J connectivity index is 1.46. The summed E-state index contributed by atoms with van der Waals surface area (Å²) in [5.41, 5.74) is 1.97. The molecule has 0 spiro atoms. The summed E-state index contributed by atoms with van der Waals surface area (Å²) >= 11 is 0. The van der Waals surface area contributed by atoms with E-state index in [1.54, 1.807) is 50.1 Å². The van der Waals surface area contributed by atoms with E-state index in [9.17, 15) is 18.0 Å². The second kappa shape index (κ2) is 10.4. The van der Waals surface area contributed by atoms with E-state index in [1.807, 2.05) is 0 Å². The summed E-state index contributed by atoms with van der Waals surface area (Å²) in [7, 11) is -2.31. The van der Waals surface area contributed by atoms with Crippen molar-refractivity contribution in [2.75, 3.05) is 38.6 Å². The largest absolute Gasteiger partial charge is 0.497 e. The topological polar surface area (TPSA) is 112 Å². The normalized spacial score (nSPS) is 17.9. The molecule has 2 fully saturated rings. The molecule has 1 aromatic carbocycles. The first-order valence-electron chi connectivity index (χ1n) is 12.2. The van der Waals surface area contributed by atoms with E-state index in [0.717, 1.165) is 19.3 Å². The Morgan fingerprint density at radius 1 is 0.971 bits per heavy atom. The van der Waals surface area contributed by atoms with Gasteiger partial charge < -0.3 is 19.9 Å². The van der Waals surface area contributed by atoms with Gasteiger partial charge in [-0.15, -0.1) is 0 Å². The van der Waals surface area contributed by atoms with Crippen LogP contribution < -0.4 is 10.1 Å². The average molecular weight is 503 g/mol. The lowest BCUT2D eigenvalue weighted by Crippen LogP contribution is -2.42. The van der Waals surface area contributed by atoms with Gasteiger partial charge in [-0.1, -0.05) is 0 Å². The predicted octanol–water partition coefficient (Wildman–Crippen LogP) is 3.31. The molecule has 1 aromatic heterocycles. The first-order valence-corrected chi connectivity index (χ1v) is 13.6. The zero-order valence-electron chi connectivity index (χ0n) is 20.6. The molecule has 0 unspecified atom stereocenters. The average Bonchev–Trinajstić information content (AvgIpc) is 3.18. The van der Waals surface area contributed by atoms with E-state index in [-0.39, 0.29) is 41.3 Å². The standard InChI is InChI=1S/C25H34N4O5S/c1-17-22(25(31)28-13-5-4-6-14-28)23(18(2)26-17)35(32,33)29-15-11-19(12-16-29)24(30)27-20-7-9-21(34-3)10-8-20/h7-10,19,26H,4-6,11-16H2,1-3H3,(H,27,30). The van der Waals surface area contributed by atoms with Gasteiger partial charge in [0, 0.05) is 49.2 Å². The number of H-pyrrole nitrogens is 1. The van der Waals surface area contributed by atoms with E-state index < -0.39 is 10.0 Å². The smallest absolute Gasteiger partial charge is 0.257 e. The maximum Gasteiger partial charge on any atom is 0.257 e. The maximum absolute atomic E-state index is 13.7. The van der Waals surface area contributed by atoms with Crippen LogP contribution in [0.25, 0.3) is 0 Å². The summed E-state index contributed by atoms with van der Waals surface area (Å²) in [4.78, 5) is 31.0. The molecule has 0 radical (unpaired) electrons. The highest BCUT2D eigenvalue weighted by atomic mass is 32.2. The Hall–Kier alpha value is -2.85. The number of hydrogen-bond donors (Lipinski definition) is 2. The van der Waals surface area contributed by atoms with Crippen LogP contribution in [0.2, 0.25) is 0 Å². The van der Waals surface area contributed by atoms with Crippen molar-refractivity contribution in [2.45, 2.75) is 50.8 Å². The van der Waals surface area contributed by atoms with Crippen LogP contribution >= 0.6 is 0 Å². The van der Waals surface area contributed by atoms with Crippen molar-refractivity contribution in [3.05, 3.63) is 41.2 Å². The molecule has 2 aromatic rings. The van der Waals surface area contributed by atoms with Crippen LogP contribution in [0.3, 0.4) is 0 Å². The minimum absolute atomic E-state index is 0.0757. The minimum atomic E-state index is -3.89. The lowest BCUT2D eigenvalue weighted by molar-refractivity contribution is -0.120. The van der Waals surface area contributed by atoms with Gasteiger partial charge in [0.05, 0.1) is 12.7 Å². The lowest BCUT2D eigenvalue weighted by Gasteiger charge is -2.31. The fourth-order valence-corrected chi connectivity index (χ4v) is 6.89. The van der Waals surface area contributed by atoms with Gasteiger partial charge in [-0.05, 0) is 70.2 Å². The number of carbonyl (C=O) groups is 2. The molecule has 2 aliphatic heterocycles. The summed E-state index contributed by atoms with van der Waals surface area (Å²) in [6.45, 7) is 5.20. The third-order valence-electron chi connectivity index (χ3n) is 6.95. The van der Waals surface area contributed by atoms with Gasteiger partial charge in [0.1, 0.15) is 10.6 Å². The number of aromatic amines is 1. The zero-order chi connectivity index (χ0) is 25.2. The highest BCUT2D eigenvalue weighted by Gasteiger charge is 2.38. The molecular formula is C25H34N4O5S. The van der Waals surface area contributed by atoms with Gasteiger partial charge in [0.25, 0.3) is 5.91 Å². The number of sulfonamides is 1. The Labute approximate surface area is 206 Å². The number of methoxy groups -OCH3 is 1. The highest BCUT2D eigenvalue weighted by Crippen LogP contribution is 2.31. The molecule has 0 aliphatic carbocycles. The van der Waals surface area contributed by atoms with Gasteiger partial charge in [0.15, 0.2) is 0 Å². The van der Waals surface area contributed by atoms with E-state index in [4.69, 9.17) is 4.74 Å². The van der Waals surface area contributed by atoms with Crippen LogP contribution in [0.15, 0.2) is 29.2 Å². The highest BCUT2D eigenvalue weighted by molar-refractivity contribution is 7.89. The van der Waals surface area contributed by atoms with Crippen molar-refractivity contribution in [1.82, 2.24) is 14.2 Å². The number of ether oxygens (including phenoxy) is 1. The molecule has 2 aliphatic rings. The van der Waals surface area contributed by atoms with Crippen molar-refractivity contribution in [3.63, 3.8) is 0 Å². The molecule has 10 heteroatoms. The number of piperidine rings is 2. The van der Waals surface area contributed by atoms with Crippen molar-refractivity contribution in [1.29, 1.82) is 0 Å². The van der Waals surface area contributed by atoms with Crippen molar-refractivity contribution in [3.8, 4) is 5.75 Å². The zero-order valence-corrected chi connectivity index (χ0v) is 21.4. The van der Waals surface area contributed by atoms with Crippen LogP contribution in [-0.4, -0.2) is 67.7 Å². The number of aryl methyl sites for hydroxylation is 2. The van der Waals surface area contributed by atoms with Crippen LogP contribution in [0.4, 0.5) is 5.69 Å². The lowest BCUT2D eigenvalue weighted by atomic mass is 9.97. The van der Waals surface area contributed by atoms with Crippen molar-refractivity contribution < 1.29 is 22.7 Å². The number of aromatic nitrogens is 1. The van der Waals surface area contributed by atoms with Crippen molar-refractivity contribution >= 4 is 27.5 Å². The number of nitrogens with one attached hydrogen (secondary N) is 2. The molecule has 0 bridgehead atoms. The number of carbonyl (C=O) groups excluding carboxylic acids is 2. The van der Waals surface area contributed by atoms with E-state index in [1.165, 1.54) is 4.31 Å². The number of likely N-dealkylation sites (tertiary alicyclic amines) is 1. The minimum Gasteiger partial charge on any atom is -0.497 e. The Morgan fingerprint density at radius 2 is 1.60 bits per heavy atom. The molecule has 2 saturated heterocycles. The summed E-state index contributed by atoms with van der Waals surface area (Å²) in [5, 5.41) is 2.90. The SMILES string of the molecule is COc1ccc(NC(=O)C2CCN(S(=O)(=O)c3c(C)[nH]c(C)c3C(=O)N3CCCCC3)CC2)cc1. The molecule has 0 saturated carbocycles. The maximum atomic E-state index is 13.7. The monoisotopic (exact) mass is 502 g/mol. The molecule has 35 heavy (non-hydrogen) atoms. The van der Waals surface area contributed by atoms with Gasteiger partial charge in [-0.3, -0.25) is 9.59 Å². The summed E-state index contributed by atoms with van der Waals surface area (Å²) < 4.78 is 33.9. The number of hydrogen-bond acceptors (Lipinski definition) is 5. The Kier molecular flexibility index (Phi) is 7.51.